The molecule has 4 aromatic carbocycles. The molecule has 0 aromatic heterocycles. The Morgan fingerprint density at radius 3 is 2.51 bits per heavy atom. The van der Waals surface area contributed by atoms with Gasteiger partial charge >= 0.3 is 5.97 Å². The van der Waals surface area contributed by atoms with Gasteiger partial charge in [-0.05, 0) is 70.9 Å². The van der Waals surface area contributed by atoms with E-state index in [1.165, 1.54) is 5.56 Å². The predicted molar refractivity (Wildman–Crippen MR) is 157 cm³/mol. The molecule has 0 unspecified atom stereocenters. The van der Waals surface area contributed by atoms with Crippen molar-refractivity contribution in [3.8, 4) is 17.2 Å². The molecular weight excluding hydrogens is 624 g/mol. The van der Waals surface area contributed by atoms with Gasteiger partial charge in [0, 0.05) is 22.0 Å². The molecule has 39 heavy (non-hydrogen) atoms. The molecule has 8 heteroatoms. The minimum absolute atomic E-state index is 0.00657. The van der Waals surface area contributed by atoms with E-state index in [2.05, 4.69) is 69.1 Å². The van der Waals surface area contributed by atoms with Gasteiger partial charge in [-0.25, -0.2) is 9.80 Å². The topological polar surface area (TPSA) is 60.4 Å². The van der Waals surface area contributed by atoms with Gasteiger partial charge in [-0.2, -0.15) is 5.10 Å². The van der Waals surface area contributed by atoms with Crippen molar-refractivity contribution in [2.75, 3.05) is 7.11 Å². The number of hydrogen-bond donors (Lipinski definition) is 0. The summed E-state index contributed by atoms with van der Waals surface area (Å²) < 4.78 is 19.5. The first-order valence-corrected chi connectivity index (χ1v) is 14.0. The number of ether oxygens (including phenoxy) is 3. The van der Waals surface area contributed by atoms with Crippen LogP contribution in [0.2, 0.25) is 0 Å². The Labute approximate surface area is 243 Å². The maximum atomic E-state index is 12.8. The van der Waals surface area contributed by atoms with Crippen LogP contribution in [0.5, 0.6) is 17.2 Å². The summed E-state index contributed by atoms with van der Waals surface area (Å²) in [5.74, 6) is 1.05. The molecule has 196 valence electrons. The number of halogens is 2. The number of hydrogen-bond acceptors (Lipinski definition) is 6. The fraction of sp³-hybridized carbons (Fsp3) is 0.161. The third-order valence-corrected chi connectivity index (χ3v) is 7.96. The van der Waals surface area contributed by atoms with Crippen LogP contribution in [0.1, 0.15) is 51.3 Å². The van der Waals surface area contributed by atoms with Crippen molar-refractivity contribution < 1.29 is 19.0 Å². The Bertz CT molecular complexity index is 1590. The molecule has 0 amide bonds. The van der Waals surface area contributed by atoms with Crippen LogP contribution < -0.4 is 14.2 Å². The van der Waals surface area contributed by atoms with Gasteiger partial charge in [0.2, 0.25) is 6.23 Å². The molecule has 0 spiro atoms. The van der Waals surface area contributed by atoms with Gasteiger partial charge in [0.25, 0.3) is 0 Å². The third kappa shape index (κ3) is 4.94. The zero-order valence-corrected chi connectivity index (χ0v) is 24.4. The first-order valence-electron chi connectivity index (χ1n) is 12.4. The van der Waals surface area contributed by atoms with Crippen molar-refractivity contribution in [1.82, 2.24) is 5.01 Å². The van der Waals surface area contributed by atoms with Crippen molar-refractivity contribution in [2.45, 2.75) is 25.6 Å². The van der Waals surface area contributed by atoms with Gasteiger partial charge < -0.3 is 14.2 Å². The summed E-state index contributed by atoms with van der Waals surface area (Å²) in [6.07, 6.45) is 0.230. The number of rotatable bonds is 5. The van der Waals surface area contributed by atoms with Crippen LogP contribution in [0.25, 0.3) is 0 Å². The standard InChI is InChI=1S/C31H24Br2N2O4/c1-18-8-10-19(11-9-18)25-17-26-23-16-22(32)12-13-27(23)38-30(35(26)34-25)21-14-24(33)29(28(15-21)37-2)39-31(36)20-6-4-3-5-7-20/h3-16,26,30H,17H2,1-2H3/t26-,30-/m0/s1. The fourth-order valence-corrected chi connectivity index (χ4v) is 5.83. The molecule has 0 radical (unpaired) electrons. The third-order valence-electron chi connectivity index (χ3n) is 6.88. The lowest BCUT2D eigenvalue weighted by atomic mass is 9.95. The highest BCUT2D eigenvalue weighted by Crippen LogP contribution is 2.50. The predicted octanol–water partition coefficient (Wildman–Crippen LogP) is 7.99. The molecule has 0 N–H and O–H groups in total. The molecule has 2 atom stereocenters. The summed E-state index contributed by atoms with van der Waals surface area (Å²) in [5, 5.41) is 7.07. The molecule has 0 aliphatic carbocycles. The lowest BCUT2D eigenvalue weighted by Gasteiger charge is -2.38. The van der Waals surface area contributed by atoms with Crippen molar-refractivity contribution in [1.29, 1.82) is 0 Å². The number of methoxy groups -OCH3 is 1. The number of esters is 1. The van der Waals surface area contributed by atoms with Gasteiger partial charge in [-0.1, -0.05) is 64.0 Å². The van der Waals surface area contributed by atoms with E-state index in [9.17, 15) is 4.79 Å². The largest absolute Gasteiger partial charge is 0.493 e. The average molecular weight is 648 g/mol. The Hall–Kier alpha value is -3.62. The minimum atomic E-state index is -0.518. The zero-order valence-electron chi connectivity index (χ0n) is 21.2. The number of nitrogens with zero attached hydrogens (tertiary/aromatic N) is 2. The van der Waals surface area contributed by atoms with Gasteiger partial charge in [0.15, 0.2) is 11.5 Å². The van der Waals surface area contributed by atoms with E-state index in [0.717, 1.165) is 39.0 Å². The lowest BCUT2D eigenvalue weighted by Crippen LogP contribution is -2.33. The van der Waals surface area contributed by atoms with Crippen molar-refractivity contribution in [2.24, 2.45) is 5.10 Å². The Kier molecular flexibility index (Phi) is 6.91. The molecule has 6 nitrogen and oxygen atoms in total. The highest BCUT2D eigenvalue weighted by atomic mass is 79.9. The molecule has 0 bridgehead atoms. The van der Waals surface area contributed by atoms with E-state index in [4.69, 9.17) is 19.3 Å². The quantitative estimate of drug-likeness (QED) is 0.162. The Balaban J connectivity index is 1.39. The Morgan fingerprint density at radius 1 is 1.00 bits per heavy atom. The fourth-order valence-electron chi connectivity index (χ4n) is 4.91. The second kappa shape index (κ2) is 10.5. The monoisotopic (exact) mass is 646 g/mol. The summed E-state index contributed by atoms with van der Waals surface area (Å²) >= 11 is 7.21. The van der Waals surface area contributed by atoms with Crippen molar-refractivity contribution >= 4 is 43.5 Å². The number of aryl methyl sites for hydroxylation is 1. The number of hydrazone groups is 1. The average Bonchev–Trinajstić information content (AvgIpc) is 3.40. The summed E-state index contributed by atoms with van der Waals surface area (Å²) in [5.41, 5.74) is 5.63. The van der Waals surface area contributed by atoms with Crippen LogP contribution in [0, 0.1) is 6.92 Å². The van der Waals surface area contributed by atoms with Crippen LogP contribution in [0.15, 0.2) is 99.0 Å². The van der Waals surface area contributed by atoms with E-state index in [-0.39, 0.29) is 6.04 Å². The molecular formula is C31H24Br2N2O4. The maximum Gasteiger partial charge on any atom is 0.343 e. The highest BCUT2D eigenvalue weighted by molar-refractivity contribution is 9.10. The van der Waals surface area contributed by atoms with Gasteiger partial charge in [-0.15, -0.1) is 0 Å². The zero-order chi connectivity index (χ0) is 27.1. The first-order chi connectivity index (χ1) is 18.9. The van der Waals surface area contributed by atoms with Crippen LogP contribution in [-0.2, 0) is 0 Å². The molecule has 2 aliphatic rings. The van der Waals surface area contributed by atoms with Crippen LogP contribution in [0.3, 0.4) is 0 Å². The first kappa shape index (κ1) is 25.6. The van der Waals surface area contributed by atoms with E-state index < -0.39 is 12.2 Å². The molecule has 0 saturated carbocycles. The van der Waals surface area contributed by atoms with E-state index in [1.54, 1.807) is 31.4 Å². The van der Waals surface area contributed by atoms with Crippen molar-refractivity contribution in [3.63, 3.8) is 0 Å². The molecule has 0 saturated heterocycles. The second-order valence-electron chi connectivity index (χ2n) is 9.45. The van der Waals surface area contributed by atoms with Crippen LogP contribution >= 0.6 is 31.9 Å². The van der Waals surface area contributed by atoms with Gasteiger partial charge in [-0.3, -0.25) is 0 Å². The van der Waals surface area contributed by atoms with Crippen LogP contribution in [0.4, 0.5) is 0 Å². The minimum Gasteiger partial charge on any atom is -0.493 e. The maximum absolute atomic E-state index is 12.8. The smallest absolute Gasteiger partial charge is 0.343 e. The number of benzene rings is 4. The SMILES string of the molecule is COc1cc([C@@H]2Oc3ccc(Br)cc3[C@@H]3CC(c4ccc(C)cc4)=NN32)cc(Br)c1OC(=O)c1ccccc1. The number of carbonyl (C=O) groups excluding carboxylic acids is 1. The molecule has 0 fully saturated rings. The molecule has 2 aliphatic heterocycles. The van der Waals surface area contributed by atoms with Crippen molar-refractivity contribution in [3.05, 3.63) is 122 Å². The van der Waals surface area contributed by atoms with Gasteiger partial charge in [0.05, 0.1) is 28.9 Å². The number of fused-ring (bicyclic) bond motifs is 3. The molecule has 2 heterocycles. The second-order valence-corrected chi connectivity index (χ2v) is 11.2. The van der Waals surface area contributed by atoms with Gasteiger partial charge in [0.1, 0.15) is 5.75 Å². The van der Waals surface area contributed by atoms with E-state index in [0.29, 0.717) is 21.5 Å². The lowest BCUT2D eigenvalue weighted by molar-refractivity contribution is -0.0192. The van der Waals surface area contributed by atoms with Crippen LogP contribution in [-0.4, -0.2) is 23.8 Å². The molecule has 4 aromatic rings. The Morgan fingerprint density at radius 2 is 1.77 bits per heavy atom. The highest BCUT2D eigenvalue weighted by Gasteiger charge is 2.41. The summed E-state index contributed by atoms with van der Waals surface area (Å²) in [4.78, 5) is 12.8. The summed E-state index contributed by atoms with van der Waals surface area (Å²) in [6, 6.07) is 27.1. The summed E-state index contributed by atoms with van der Waals surface area (Å²) in [6.45, 7) is 2.08. The summed E-state index contributed by atoms with van der Waals surface area (Å²) in [7, 11) is 1.55. The van der Waals surface area contributed by atoms with E-state index >= 15 is 0 Å². The molecule has 6 rings (SSSR count). The normalized spacial score (nSPS) is 17.5. The number of carbonyl (C=O) groups is 1. The van der Waals surface area contributed by atoms with E-state index in [1.807, 2.05) is 35.3 Å².